The monoisotopic (exact) mass is 427 g/mol. The van der Waals surface area contributed by atoms with Crippen LogP contribution in [0.25, 0.3) is 10.2 Å². The predicted octanol–water partition coefficient (Wildman–Crippen LogP) is 4.41. The summed E-state index contributed by atoms with van der Waals surface area (Å²) in [6.45, 7) is 4.45. The van der Waals surface area contributed by atoms with E-state index in [-0.39, 0.29) is 16.7 Å². The topological polar surface area (TPSA) is 55.2 Å². The van der Waals surface area contributed by atoms with Gasteiger partial charge in [0.1, 0.15) is 4.83 Å². The Hall–Kier alpha value is -2.12. The highest BCUT2D eigenvalue weighted by molar-refractivity contribution is 8.00. The first-order valence-electron chi connectivity index (χ1n) is 10.1. The lowest BCUT2D eigenvalue weighted by molar-refractivity contribution is -0.117. The number of carbonyl (C=O) groups is 1. The molecule has 0 unspecified atom stereocenters. The number of fused-ring (bicyclic) bond motifs is 3. The highest BCUT2D eigenvalue weighted by atomic mass is 32.2. The first kappa shape index (κ1) is 20.2. The second kappa shape index (κ2) is 8.32. The third-order valence-corrected chi connectivity index (χ3v) is 7.75. The average molecular weight is 428 g/mol. The number of benzene rings is 1. The Bertz CT molecular complexity index is 1100. The van der Waals surface area contributed by atoms with Gasteiger partial charge in [-0.1, -0.05) is 30.0 Å². The van der Waals surface area contributed by atoms with E-state index in [1.165, 1.54) is 28.6 Å². The van der Waals surface area contributed by atoms with Crippen LogP contribution in [0.4, 0.5) is 5.69 Å². The van der Waals surface area contributed by atoms with Crippen molar-refractivity contribution in [3.63, 3.8) is 0 Å². The van der Waals surface area contributed by atoms with E-state index in [9.17, 15) is 9.59 Å². The van der Waals surface area contributed by atoms with Crippen LogP contribution in [0, 0.1) is 0 Å². The molecule has 4 rings (SSSR count). The fraction of sp³-hybridized carbons (Fsp3) is 0.409. The molecule has 1 atom stereocenters. The molecule has 1 aliphatic carbocycles. The Balaban J connectivity index is 1.64. The predicted molar refractivity (Wildman–Crippen MR) is 121 cm³/mol. The van der Waals surface area contributed by atoms with Crippen LogP contribution in [-0.2, 0) is 24.7 Å². The number of thioether (sulfide) groups is 1. The molecule has 7 heteroatoms. The Morgan fingerprint density at radius 3 is 2.72 bits per heavy atom. The number of amides is 1. The van der Waals surface area contributed by atoms with Gasteiger partial charge in [-0.25, -0.2) is 4.98 Å². The second-order valence-corrected chi connectivity index (χ2v) is 9.72. The molecule has 2 aromatic heterocycles. The van der Waals surface area contributed by atoms with Crippen molar-refractivity contribution in [3.05, 3.63) is 51.1 Å². The number of rotatable bonds is 5. The Labute approximate surface area is 178 Å². The molecule has 1 amide bonds. The lowest BCUT2D eigenvalue weighted by Gasteiger charge is -2.24. The number of aryl methyl sites for hydroxylation is 2. The zero-order valence-electron chi connectivity index (χ0n) is 17.0. The molecule has 0 fully saturated rings. The number of aromatic nitrogens is 2. The fourth-order valence-electron chi connectivity index (χ4n) is 3.87. The van der Waals surface area contributed by atoms with Crippen LogP contribution in [-0.4, -0.2) is 27.3 Å². The highest BCUT2D eigenvalue weighted by Crippen LogP contribution is 2.35. The van der Waals surface area contributed by atoms with Crippen molar-refractivity contribution < 1.29 is 4.79 Å². The van der Waals surface area contributed by atoms with Gasteiger partial charge in [0.15, 0.2) is 5.16 Å². The van der Waals surface area contributed by atoms with E-state index in [1.54, 1.807) is 27.9 Å². The van der Waals surface area contributed by atoms with Crippen molar-refractivity contribution >= 4 is 44.9 Å². The van der Waals surface area contributed by atoms with Crippen molar-refractivity contribution in [2.45, 2.75) is 49.9 Å². The van der Waals surface area contributed by atoms with E-state index in [1.807, 2.05) is 44.2 Å². The third-order valence-electron chi connectivity index (χ3n) is 5.44. The van der Waals surface area contributed by atoms with Gasteiger partial charge >= 0.3 is 0 Å². The maximum absolute atomic E-state index is 13.1. The van der Waals surface area contributed by atoms with Gasteiger partial charge in [-0.05, 0) is 57.2 Å². The van der Waals surface area contributed by atoms with Crippen LogP contribution in [0.1, 0.15) is 37.1 Å². The first-order valence-corrected chi connectivity index (χ1v) is 11.7. The van der Waals surface area contributed by atoms with Gasteiger partial charge in [0, 0.05) is 24.2 Å². The molecule has 1 aliphatic rings. The van der Waals surface area contributed by atoms with Crippen molar-refractivity contribution in [2.75, 3.05) is 11.4 Å². The first-order chi connectivity index (χ1) is 14.0. The van der Waals surface area contributed by atoms with Gasteiger partial charge in [0.2, 0.25) is 5.91 Å². The smallest absolute Gasteiger partial charge is 0.262 e. The molecular weight excluding hydrogens is 402 g/mol. The lowest BCUT2D eigenvalue weighted by atomic mass is 9.97. The summed E-state index contributed by atoms with van der Waals surface area (Å²) in [6, 6.07) is 9.68. The molecule has 0 bridgehead atoms. The highest BCUT2D eigenvalue weighted by Gasteiger charge is 2.25. The number of hydrogen-bond donors (Lipinski definition) is 0. The molecule has 0 N–H and O–H groups in total. The molecule has 2 heterocycles. The molecule has 0 saturated heterocycles. The van der Waals surface area contributed by atoms with E-state index in [0.717, 1.165) is 35.2 Å². The maximum atomic E-state index is 13.1. The van der Waals surface area contributed by atoms with Crippen LogP contribution >= 0.6 is 23.1 Å². The molecule has 1 aromatic carbocycles. The third kappa shape index (κ3) is 3.73. The molecule has 0 aliphatic heterocycles. The van der Waals surface area contributed by atoms with Gasteiger partial charge in [0.05, 0.1) is 10.6 Å². The molecule has 0 spiro atoms. The van der Waals surface area contributed by atoms with Crippen molar-refractivity contribution in [1.82, 2.24) is 9.55 Å². The Kier molecular flexibility index (Phi) is 5.79. The number of nitrogens with zero attached hydrogens (tertiary/aromatic N) is 3. The summed E-state index contributed by atoms with van der Waals surface area (Å²) in [5.74, 6) is 0.0171. The van der Waals surface area contributed by atoms with Crippen LogP contribution in [0.3, 0.4) is 0 Å². The van der Waals surface area contributed by atoms with Gasteiger partial charge in [0.25, 0.3) is 5.56 Å². The summed E-state index contributed by atoms with van der Waals surface area (Å²) >= 11 is 3.01. The largest absolute Gasteiger partial charge is 0.312 e. The minimum atomic E-state index is -0.347. The summed E-state index contributed by atoms with van der Waals surface area (Å²) in [4.78, 5) is 34.9. The molecule has 29 heavy (non-hydrogen) atoms. The summed E-state index contributed by atoms with van der Waals surface area (Å²) < 4.78 is 1.61. The van der Waals surface area contributed by atoms with E-state index in [2.05, 4.69) is 0 Å². The molecular formula is C22H25N3O2S2. The lowest BCUT2D eigenvalue weighted by Crippen LogP contribution is -2.36. The van der Waals surface area contributed by atoms with E-state index in [0.29, 0.717) is 11.7 Å². The number of anilines is 1. The van der Waals surface area contributed by atoms with Crippen LogP contribution in [0.15, 0.2) is 40.3 Å². The summed E-state index contributed by atoms with van der Waals surface area (Å²) in [7, 11) is 1.76. The second-order valence-electron chi connectivity index (χ2n) is 7.33. The zero-order chi connectivity index (χ0) is 20.5. The average Bonchev–Trinajstić information content (AvgIpc) is 3.11. The van der Waals surface area contributed by atoms with Gasteiger partial charge in [-0.2, -0.15) is 0 Å². The normalized spacial score (nSPS) is 14.6. The molecule has 0 saturated carbocycles. The van der Waals surface area contributed by atoms with E-state index < -0.39 is 0 Å². The number of para-hydroxylation sites is 1. The van der Waals surface area contributed by atoms with Crippen LogP contribution in [0.2, 0.25) is 0 Å². The zero-order valence-corrected chi connectivity index (χ0v) is 18.6. The van der Waals surface area contributed by atoms with Gasteiger partial charge in [-0.3, -0.25) is 14.2 Å². The maximum Gasteiger partial charge on any atom is 0.262 e. The quantitative estimate of drug-likeness (QED) is 0.447. The van der Waals surface area contributed by atoms with Crippen LogP contribution in [0.5, 0.6) is 0 Å². The molecule has 152 valence electrons. The van der Waals surface area contributed by atoms with Gasteiger partial charge in [-0.15, -0.1) is 11.3 Å². The van der Waals surface area contributed by atoms with Crippen LogP contribution < -0.4 is 10.5 Å². The number of carbonyl (C=O) groups excluding carboxylic acids is 1. The van der Waals surface area contributed by atoms with Gasteiger partial charge < -0.3 is 4.90 Å². The fourth-order valence-corrected chi connectivity index (χ4v) is 6.11. The van der Waals surface area contributed by atoms with Crippen molar-refractivity contribution in [3.8, 4) is 0 Å². The van der Waals surface area contributed by atoms with Crippen molar-refractivity contribution in [2.24, 2.45) is 7.05 Å². The molecule has 0 radical (unpaired) electrons. The van der Waals surface area contributed by atoms with E-state index in [4.69, 9.17) is 4.98 Å². The molecule has 3 aromatic rings. The standard InChI is InChI=1S/C22H25N3O2S2/c1-4-25(15-10-6-5-7-11-15)20(26)14(2)28-22-23-19-18(21(27)24(22)3)16-12-8-9-13-17(16)29-19/h5-7,10-11,14H,4,8-9,12-13H2,1-3H3/t14-/m0/s1. The molecule has 5 nitrogen and oxygen atoms in total. The minimum absolute atomic E-state index is 0.00644. The summed E-state index contributed by atoms with van der Waals surface area (Å²) in [6.07, 6.45) is 4.32. The van der Waals surface area contributed by atoms with Crippen molar-refractivity contribution in [1.29, 1.82) is 0 Å². The SMILES string of the molecule is CCN(C(=O)[C@H](C)Sc1nc2sc3c(c2c(=O)n1C)CCCC3)c1ccccc1. The summed E-state index contributed by atoms with van der Waals surface area (Å²) in [5, 5.41) is 1.04. The Morgan fingerprint density at radius 1 is 1.28 bits per heavy atom. The Morgan fingerprint density at radius 2 is 2.00 bits per heavy atom. The number of thiophene rings is 1. The number of hydrogen-bond acceptors (Lipinski definition) is 5. The summed E-state index contributed by atoms with van der Waals surface area (Å²) in [5.41, 5.74) is 2.09. The minimum Gasteiger partial charge on any atom is -0.312 e. The van der Waals surface area contributed by atoms with E-state index >= 15 is 0 Å².